The highest BCUT2D eigenvalue weighted by Gasteiger charge is 2.14. The van der Waals surface area contributed by atoms with Crippen molar-refractivity contribution in [2.24, 2.45) is 4.51 Å². The average molecular weight is 299 g/mol. The van der Waals surface area contributed by atoms with Crippen LogP contribution >= 0.6 is 43.6 Å². The third-order valence-electron chi connectivity index (χ3n) is 1.09. The Labute approximate surface area is 85.4 Å². The Kier molecular flexibility index (Phi) is 3.04. The summed E-state index contributed by atoms with van der Waals surface area (Å²) in [5, 5.41) is 0. The Hall–Kier alpha value is 0.0700. The fourth-order valence-corrected chi connectivity index (χ4v) is 1.57. The number of halogens is 3. The van der Waals surface area contributed by atoms with Gasteiger partial charge in [0.2, 0.25) is 0 Å². The molecular weight excluding hydrogens is 297 g/mol. The Balaban J connectivity index is 3.08. The van der Waals surface area contributed by atoms with Gasteiger partial charge in [0.1, 0.15) is 0 Å². The van der Waals surface area contributed by atoms with Crippen LogP contribution in [0.25, 0.3) is 0 Å². The predicted octanol–water partition coefficient (Wildman–Crippen LogP) is 2.72. The minimum atomic E-state index is -0.0964. The minimum Gasteiger partial charge on any atom is -0.289 e. The Morgan fingerprint density at radius 2 is 1.91 bits per heavy atom. The van der Waals surface area contributed by atoms with Crippen LogP contribution in [0.2, 0.25) is 0 Å². The summed E-state index contributed by atoms with van der Waals surface area (Å²) in [6.45, 7) is 0. The normalized spacial score (nSPS) is 21.7. The first-order chi connectivity index (χ1) is 5.15. The predicted molar refractivity (Wildman–Crippen MR) is 52.3 cm³/mol. The summed E-state index contributed by atoms with van der Waals surface area (Å²) >= 11 is 11.4. The minimum absolute atomic E-state index is 0.0964. The van der Waals surface area contributed by atoms with Crippen LogP contribution in [0.1, 0.15) is 0 Å². The molecule has 2 nitrogen and oxygen atoms in total. The van der Waals surface area contributed by atoms with Crippen LogP contribution in [0.15, 0.2) is 25.6 Å². The molecule has 1 rings (SSSR count). The Morgan fingerprint density at radius 3 is 2.45 bits per heavy atom. The van der Waals surface area contributed by atoms with E-state index in [0.29, 0.717) is 14.7 Å². The molecule has 0 unspecified atom stereocenters. The van der Waals surface area contributed by atoms with Gasteiger partial charge in [-0.3, -0.25) is 4.79 Å². The molecule has 0 saturated heterocycles. The Bertz CT molecular complexity index is 293. The van der Waals surface area contributed by atoms with Crippen molar-refractivity contribution in [3.05, 3.63) is 21.1 Å². The molecule has 0 aliphatic heterocycles. The third kappa shape index (κ3) is 2.01. The molecule has 0 amide bonds. The van der Waals surface area contributed by atoms with E-state index in [1.54, 1.807) is 6.08 Å². The number of carbonyl (C=O) groups is 1. The van der Waals surface area contributed by atoms with E-state index in [4.69, 9.17) is 11.8 Å². The molecule has 0 bridgehead atoms. The maximum absolute atomic E-state index is 10.9. The van der Waals surface area contributed by atoms with Crippen molar-refractivity contribution >= 4 is 55.1 Å². The first-order valence-corrected chi connectivity index (χ1v) is 4.55. The molecular formula is C6H2Br2ClNO. The van der Waals surface area contributed by atoms with Crippen molar-refractivity contribution in [3.63, 3.8) is 0 Å². The van der Waals surface area contributed by atoms with Crippen LogP contribution in [-0.2, 0) is 4.79 Å². The van der Waals surface area contributed by atoms with Crippen molar-refractivity contribution in [3.8, 4) is 0 Å². The number of carbonyl (C=O) groups excluding carboxylic acids is 1. The second-order valence-corrected chi connectivity index (χ2v) is 3.70. The van der Waals surface area contributed by atoms with Gasteiger partial charge in [-0.25, -0.2) is 0 Å². The molecule has 1 aliphatic carbocycles. The van der Waals surface area contributed by atoms with Crippen LogP contribution in [0, 0.1) is 0 Å². The molecule has 0 atom stereocenters. The third-order valence-corrected chi connectivity index (χ3v) is 2.53. The quantitative estimate of drug-likeness (QED) is 0.632. The summed E-state index contributed by atoms with van der Waals surface area (Å²) in [6, 6.07) is 0. The standard InChI is InChI=1S/C6H2Br2ClNO/c7-3-2-6(11)4(8)1-5(3)10-9/h1-2H/b10-5+. The molecule has 0 spiro atoms. The lowest BCUT2D eigenvalue weighted by molar-refractivity contribution is -0.110. The summed E-state index contributed by atoms with van der Waals surface area (Å²) in [7, 11) is 0. The van der Waals surface area contributed by atoms with Gasteiger partial charge in [0.05, 0.1) is 10.2 Å². The molecule has 5 heteroatoms. The van der Waals surface area contributed by atoms with E-state index < -0.39 is 0 Å². The van der Waals surface area contributed by atoms with E-state index in [0.717, 1.165) is 0 Å². The van der Waals surface area contributed by atoms with E-state index in [9.17, 15) is 4.79 Å². The molecule has 0 heterocycles. The van der Waals surface area contributed by atoms with Gasteiger partial charge in [-0.05, 0) is 37.9 Å². The van der Waals surface area contributed by atoms with Crippen LogP contribution in [0.3, 0.4) is 0 Å². The Morgan fingerprint density at radius 1 is 1.27 bits per heavy atom. The molecule has 58 valence electrons. The van der Waals surface area contributed by atoms with Crippen molar-refractivity contribution in [2.75, 3.05) is 0 Å². The van der Waals surface area contributed by atoms with Crippen molar-refractivity contribution in [1.29, 1.82) is 0 Å². The molecule has 0 radical (unpaired) electrons. The van der Waals surface area contributed by atoms with Crippen molar-refractivity contribution in [1.82, 2.24) is 0 Å². The van der Waals surface area contributed by atoms with E-state index >= 15 is 0 Å². The summed E-state index contributed by atoms with van der Waals surface area (Å²) in [6.07, 6.45) is 2.96. The molecule has 0 aromatic carbocycles. The van der Waals surface area contributed by atoms with E-state index in [2.05, 4.69) is 36.4 Å². The fourth-order valence-electron chi connectivity index (χ4n) is 0.583. The zero-order valence-electron chi connectivity index (χ0n) is 5.14. The molecule has 0 fully saturated rings. The van der Waals surface area contributed by atoms with Gasteiger partial charge < -0.3 is 0 Å². The average Bonchev–Trinajstić information content (AvgIpc) is 1.97. The van der Waals surface area contributed by atoms with Crippen LogP contribution in [0.5, 0.6) is 0 Å². The molecule has 11 heavy (non-hydrogen) atoms. The van der Waals surface area contributed by atoms with Gasteiger partial charge in [0.25, 0.3) is 0 Å². The lowest BCUT2D eigenvalue weighted by Gasteiger charge is -2.03. The summed E-state index contributed by atoms with van der Waals surface area (Å²) in [4.78, 5) is 10.9. The van der Waals surface area contributed by atoms with E-state index in [1.807, 2.05) is 0 Å². The van der Waals surface area contributed by atoms with Gasteiger partial charge in [-0.15, -0.1) is 0 Å². The lowest BCUT2D eigenvalue weighted by atomic mass is 10.2. The highest BCUT2D eigenvalue weighted by molar-refractivity contribution is 9.12. The topological polar surface area (TPSA) is 29.4 Å². The summed E-state index contributed by atoms with van der Waals surface area (Å²) in [5.74, 6) is -0.0964. The monoisotopic (exact) mass is 297 g/mol. The zero-order valence-corrected chi connectivity index (χ0v) is 9.07. The number of ketones is 1. The van der Waals surface area contributed by atoms with Crippen molar-refractivity contribution in [2.45, 2.75) is 0 Å². The largest absolute Gasteiger partial charge is 0.289 e. The number of allylic oxidation sites excluding steroid dienone is 4. The highest BCUT2D eigenvalue weighted by Crippen LogP contribution is 2.21. The van der Waals surface area contributed by atoms with Crippen LogP contribution < -0.4 is 0 Å². The number of rotatable bonds is 0. The second kappa shape index (κ2) is 3.65. The smallest absolute Gasteiger partial charge is 0.194 e. The zero-order chi connectivity index (χ0) is 8.43. The highest BCUT2D eigenvalue weighted by atomic mass is 79.9. The first kappa shape index (κ1) is 9.16. The van der Waals surface area contributed by atoms with E-state index in [-0.39, 0.29) is 5.78 Å². The molecule has 0 N–H and O–H groups in total. The summed E-state index contributed by atoms with van der Waals surface area (Å²) < 4.78 is 4.48. The van der Waals surface area contributed by atoms with E-state index in [1.165, 1.54) is 6.08 Å². The fraction of sp³-hybridized carbons (Fsp3) is 0. The summed E-state index contributed by atoms with van der Waals surface area (Å²) in [5.41, 5.74) is 0.540. The maximum Gasteiger partial charge on any atom is 0.194 e. The second-order valence-electron chi connectivity index (χ2n) is 1.82. The van der Waals surface area contributed by atoms with Gasteiger partial charge >= 0.3 is 0 Å². The number of nitrogens with zero attached hydrogens (tertiary/aromatic N) is 1. The van der Waals surface area contributed by atoms with Gasteiger partial charge in [0, 0.05) is 22.3 Å². The lowest BCUT2D eigenvalue weighted by Crippen LogP contribution is -2.06. The molecule has 0 saturated carbocycles. The van der Waals surface area contributed by atoms with Crippen LogP contribution in [0.4, 0.5) is 0 Å². The van der Waals surface area contributed by atoms with Gasteiger partial charge in [0.15, 0.2) is 5.78 Å². The molecule has 0 aromatic rings. The number of hydrogen-bond acceptors (Lipinski definition) is 2. The van der Waals surface area contributed by atoms with Gasteiger partial charge in [-0.1, -0.05) is 0 Å². The SMILES string of the molecule is O=C1C=C(Br)/C(=N/Cl)C=C1Br. The first-order valence-electron chi connectivity index (χ1n) is 2.63. The maximum atomic E-state index is 10.9. The van der Waals surface area contributed by atoms with Crippen molar-refractivity contribution < 1.29 is 4.79 Å². The number of hydrogen-bond donors (Lipinski definition) is 0. The van der Waals surface area contributed by atoms with Gasteiger partial charge in [-0.2, -0.15) is 4.51 Å². The molecule has 0 aromatic heterocycles. The molecule has 1 aliphatic rings. The van der Waals surface area contributed by atoms with Crippen LogP contribution in [-0.4, -0.2) is 11.5 Å².